The molecular formula is C21H23F2N5OS. The highest BCUT2D eigenvalue weighted by molar-refractivity contribution is 7.14. The SMILES string of the molecule is Cc1nnc(-c2ccc3nnc(CC(=O)C4CCN(CC(C)(F)F)CC4)cc3c2)s1. The molecule has 1 saturated heterocycles. The number of likely N-dealkylation sites (tertiary alicyclic amines) is 1. The molecule has 30 heavy (non-hydrogen) atoms. The number of rotatable bonds is 6. The minimum absolute atomic E-state index is 0.0995. The number of carbonyl (C=O) groups excluding carboxylic acids is 1. The number of benzene rings is 1. The Hall–Kier alpha value is -2.39. The average Bonchev–Trinajstić information content (AvgIpc) is 3.13. The fraction of sp³-hybridized carbons (Fsp3) is 0.476. The highest BCUT2D eigenvalue weighted by Gasteiger charge is 2.30. The Morgan fingerprint density at radius 3 is 2.60 bits per heavy atom. The summed E-state index contributed by atoms with van der Waals surface area (Å²) in [6.45, 7) is 3.64. The van der Waals surface area contributed by atoms with Gasteiger partial charge in [-0.3, -0.25) is 9.69 Å². The molecule has 0 saturated carbocycles. The van der Waals surface area contributed by atoms with E-state index in [2.05, 4.69) is 20.4 Å². The van der Waals surface area contributed by atoms with Crippen LogP contribution in [0, 0.1) is 12.8 Å². The van der Waals surface area contributed by atoms with E-state index in [9.17, 15) is 13.6 Å². The number of alkyl halides is 2. The number of ketones is 1. The van der Waals surface area contributed by atoms with Crippen molar-refractivity contribution in [2.24, 2.45) is 5.92 Å². The van der Waals surface area contributed by atoms with Gasteiger partial charge in [-0.05, 0) is 57.1 Å². The van der Waals surface area contributed by atoms with Gasteiger partial charge in [0.15, 0.2) is 0 Å². The first kappa shape index (κ1) is 20.9. The highest BCUT2D eigenvalue weighted by Crippen LogP contribution is 2.27. The lowest BCUT2D eigenvalue weighted by atomic mass is 9.90. The van der Waals surface area contributed by atoms with Gasteiger partial charge in [-0.15, -0.1) is 10.2 Å². The van der Waals surface area contributed by atoms with Crippen molar-refractivity contribution in [1.29, 1.82) is 0 Å². The lowest BCUT2D eigenvalue weighted by Crippen LogP contribution is -2.42. The smallest absolute Gasteiger partial charge is 0.257 e. The number of piperidine rings is 1. The number of hydrogen-bond acceptors (Lipinski definition) is 7. The number of carbonyl (C=O) groups is 1. The normalized spacial score (nSPS) is 16.3. The van der Waals surface area contributed by atoms with E-state index < -0.39 is 5.92 Å². The van der Waals surface area contributed by atoms with E-state index in [1.807, 2.05) is 31.2 Å². The van der Waals surface area contributed by atoms with Crippen molar-refractivity contribution in [2.45, 2.75) is 39.0 Å². The van der Waals surface area contributed by atoms with E-state index in [0.29, 0.717) is 31.6 Å². The predicted molar refractivity (Wildman–Crippen MR) is 112 cm³/mol. The molecule has 2 aromatic heterocycles. The zero-order valence-corrected chi connectivity index (χ0v) is 17.8. The number of halogens is 2. The summed E-state index contributed by atoms with van der Waals surface area (Å²) in [4.78, 5) is 14.5. The van der Waals surface area contributed by atoms with Crippen molar-refractivity contribution in [1.82, 2.24) is 25.3 Å². The Labute approximate surface area is 177 Å². The van der Waals surface area contributed by atoms with E-state index in [1.54, 1.807) is 4.90 Å². The Morgan fingerprint density at radius 1 is 1.17 bits per heavy atom. The van der Waals surface area contributed by atoms with Crippen LogP contribution in [-0.4, -0.2) is 56.6 Å². The molecule has 158 valence electrons. The molecule has 0 spiro atoms. The van der Waals surface area contributed by atoms with Crippen LogP contribution in [0.1, 0.15) is 30.5 Å². The fourth-order valence-electron chi connectivity index (χ4n) is 3.85. The first-order chi connectivity index (χ1) is 14.3. The largest absolute Gasteiger partial charge is 0.299 e. The van der Waals surface area contributed by atoms with Crippen molar-refractivity contribution >= 4 is 28.0 Å². The van der Waals surface area contributed by atoms with Gasteiger partial charge in [0.05, 0.1) is 24.2 Å². The number of aryl methyl sites for hydroxylation is 1. The van der Waals surface area contributed by atoms with Crippen LogP contribution in [0.25, 0.3) is 21.5 Å². The monoisotopic (exact) mass is 431 g/mol. The summed E-state index contributed by atoms with van der Waals surface area (Å²) in [7, 11) is 0. The first-order valence-corrected chi connectivity index (χ1v) is 10.8. The van der Waals surface area contributed by atoms with Gasteiger partial charge in [-0.25, -0.2) is 8.78 Å². The third-order valence-electron chi connectivity index (χ3n) is 5.31. The van der Waals surface area contributed by atoms with Crippen LogP contribution in [0.15, 0.2) is 24.3 Å². The summed E-state index contributed by atoms with van der Waals surface area (Å²) in [5.41, 5.74) is 2.34. The summed E-state index contributed by atoms with van der Waals surface area (Å²) in [6.07, 6.45) is 1.42. The van der Waals surface area contributed by atoms with E-state index in [4.69, 9.17) is 0 Å². The molecule has 0 radical (unpaired) electrons. The highest BCUT2D eigenvalue weighted by atomic mass is 32.1. The van der Waals surface area contributed by atoms with Gasteiger partial charge in [0.2, 0.25) is 0 Å². The van der Waals surface area contributed by atoms with E-state index in [1.165, 1.54) is 11.3 Å². The standard InChI is InChI=1S/C21H23F2N5OS/c1-13-24-27-20(30-13)15-3-4-18-16(9-15)10-17(25-26-18)11-19(29)14-5-7-28(8-6-14)12-21(2,22)23/h3-4,9-10,14H,5-8,11-12H2,1-2H3. The van der Waals surface area contributed by atoms with Gasteiger partial charge in [0, 0.05) is 23.8 Å². The van der Waals surface area contributed by atoms with Crippen LogP contribution in [0.5, 0.6) is 0 Å². The number of fused-ring (bicyclic) bond motifs is 1. The number of nitrogens with zero attached hydrogens (tertiary/aromatic N) is 5. The lowest BCUT2D eigenvalue weighted by molar-refractivity contribution is -0.124. The fourth-order valence-corrected chi connectivity index (χ4v) is 4.54. The quantitative estimate of drug-likeness (QED) is 0.589. The third kappa shape index (κ3) is 5.02. The van der Waals surface area contributed by atoms with Crippen LogP contribution >= 0.6 is 11.3 Å². The van der Waals surface area contributed by atoms with Crippen LogP contribution in [0.3, 0.4) is 0 Å². The molecule has 0 aliphatic carbocycles. The summed E-state index contributed by atoms with van der Waals surface area (Å²) in [5, 5.41) is 19.3. The van der Waals surface area contributed by atoms with Crippen LogP contribution in [-0.2, 0) is 11.2 Å². The Kier molecular flexibility index (Phi) is 5.84. The molecule has 0 unspecified atom stereocenters. The molecule has 1 aromatic carbocycles. The Morgan fingerprint density at radius 2 is 1.93 bits per heavy atom. The van der Waals surface area contributed by atoms with Crippen molar-refractivity contribution in [3.63, 3.8) is 0 Å². The van der Waals surface area contributed by atoms with Gasteiger partial charge in [0.25, 0.3) is 5.92 Å². The average molecular weight is 432 g/mol. The molecule has 0 atom stereocenters. The second-order valence-corrected chi connectivity index (χ2v) is 9.18. The molecule has 1 fully saturated rings. The Balaban J connectivity index is 1.43. The lowest BCUT2D eigenvalue weighted by Gasteiger charge is -2.32. The van der Waals surface area contributed by atoms with E-state index >= 15 is 0 Å². The zero-order valence-electron chi connectivity index (χ0n) is 16.9. The molecule has 3 aromatic rings. The van der Waals surface area contributed by atoms with Gasteiger partial charge in [-0.2, -0.15) is 10.2 Å². The van der Waals surface area contributed by atoms with E-state index in [-0.39, 0.29) is 24.7 Å². The molecule has 4 rings (SSSR count). The minimum atomic E-state index is -2.70. The maximum atomic E-state index is 13.2. The van der Waals surface area contributed by atoms with Crippen molar-refractivity contribution in [3.05, 3.63) is 35.0 Å². The number of hydrogen-bond donors (Lipinski definition) is 0. The van der Waals surface area contributed by atoms with Gasteiger partial charge in [0.1, 0.15) is 15.8 Å². The van der Waals surface area contributed by atoms with E-state index in [0.717, 1.165) is 33.4 Å². The molecule has 6 nitrogen and oxygen atoms in total. The molecule has 0 amide bonds. The van der Waals surface area contributed by atoms with Crippen molar-refractivity contribution < 1.29 is 13.6 Å². The minimum Gasteiger partial charge on any atom is -0.299 e. The molecule has 0 bridgehead atoms. The first-order valence-electron chi connectivity index (χ1n) is 9.96. The topological polar surface area (TPSA) is 71.9 Å². The van der Waals surface area contributed by atoms with Gasteiger partial charge in [-0.1, -0.05) is 11.3 Å². The summed E-state index contributed by atoms with van der Waals surface area (Å²) in [5.74, 6) is -2.72. The molecular weight excluding hydrogens is 408 g/mol. The van der Waals surface area contributed by atoms with Crippen molar-refractivity contribution in [2.75, 3.05) is 19.6 Å². The Bertz CT molecular complexity index is 1060. The summed E-state index contributed by atoms with van der Waals surface area (Å²) >= 11 is 1.52. The van der Waals surface area contributed by atoms with Crippen molar-refractivity contribution in [3.8, 4) is 10.6 Å². The molecule has 9 heteroatoms. The van der Waals surface area contributed by atoms with Gasteiger partial charge < -0.3 is 0 Å². The van der Waals surface area contributed by atoms with Crippen LogP contribution in [0.4, 0.5) is 8.78 Å². The number of aromatic nitrogens is 4. The number of Topliss-reactive ketones (excluding diaryl/α,β-unsaturated/α-hetero) is 1. The molecule has 1 aliphatic rings. The third-order valence-corrected chi connectivity index (χ3v) is 6.20. The maximum Gasteiger partial charge on any atom is 0.257 e. The maximum absolute atomic E-state index is 13.2. The van der Waals surface area contributed by atoms with Crippen LogP contribution in [0.2, 0.25) is 0 Å². The second-order valence-electron chi connectivity index (χ2n) is 8.00. The second kappa shape index (κ2) is 8.39. The summed E-state index contributed by atoms with van der Waals surface area (Å²) in [6, 6.07) is 7.71. The zero-order chi connectivity index (χ0) is 21.3. The molecule has 3 heterocycles. The molecule has 1 aliphatic heterocycles. The van der Waals surface area contributed by atoms with Gasteiger partial charge >= 0.3 is 0 Å². The van der Waals surface area contributed by atoms with Crippen LogP contribution < -0.4 is 0 Å². The predicted octanol–water partition coefficient (Wildman–Crippen LogP) is 3.94. The summed E-state index contributed by atoms with van der Waals surface area (Å²) < 4.78 is 26.4. The molecule has 0 N–H and O–H groups in total.